The average Bonchev–Trinajstić information content (AvgIpc) is 2.25. The molecule has 0 aromatic heterocycles. The van der Waals surface area contributed by atoms with Crippen molar-refractivity contribution in [3.8, 4) is 0 Å². The zero-order valence-electron chi connectivity index (χ0n) is 11.6. The Morgan fingerprint density at radius 3 is 2.65 bits per heavy atom. The quantitative estimate of drug-likeness (QED) is 0.778. The summed E-state index contributed by atoms with van der Waals surface area (Å²) < 4.78 is 0. The van der Waals surface area contributed by atoms with Gasteiger partial charge in [0.05, 0.1) is 0 Å². The van der Waals surface area contributed by atoms with E-state index in [0.717, 1.165) is 6.42 Å². The number of rotatable bonds is 1. The first-order valence-corrected chi connectivity index (χ1v) is 6.72. The highest BCUT2D eigenvalue weighted by atomic mass is 14.7. The predicted octanol–water partition coefficient (Wildman–Crippen LogP) is 3.92. The second kappa shape index (κ2) is 4.45. The summed E-state index contributed by atoms with van der Waals surface area (Å²) in [5.41, 5.74) is 11.0. The lowest BCUT2D eigenvalue weighted by atomic mass is 9.67. The first-order chi connectivity index (χ1) is 7.89. The molecule has 1 saturated carbocycles. The van der Waals surface area contributed by atoms with Crippen molar-refractivity contribution in [2.75, 3.05) is 0 Å². The summed E-state index contributed by atoms with van der Waals surface area (Å²) in [4.78, 5) is 0. The molecule has 0 saturated heterocycles. The normalized spacial score (nSPS) is 28.1. The molecule has 2 rings (SSSR count). The van der Waals surface area contributed by atoms with Crippen LogP contribution in [0, 0.1) is 19.3 Å². The number of benzene rings is 1. The molecule has 1 aliphatic rings. The first-order valence-electron chi connectivity index (χ1n) is 6.72. The molecule has 1 aromatic carbocycles. The van der Waals surface area contributed by atoms with Crippen LogP contribution in [0.4, 0.5) is 0 Å². The molecule has 0 amide bonds. The van der Waals surface area contributed by atoms with E-state index in [1.165, 1.54) is 29.5 Å². The zero-order chi connectivity index (χ0) is 12.6. The van der Waals surface area contributed by atoms with Crippen molar-refractivity contribution in [1.82, 2.24) is 0 Å². The predicted molar refractivity (Wildman–Crippen MR) is 74.3 cm³/mol. The summed E-state index contributed by atoms with van der Waals surface area (Å²) in [7, 11) is 0. The standard InChI is InChI=1S/C16H25N/c1-11-5-6-12(2)13(9-11)14-10-16(3,4)8-7-15(14)17/h5-6,9,14-15H,7-8,10,17H2,1-4H3. The fourth-order valence-electron chi connectivity index (χ4n) is 3.11. The van der Waals surface area contributed by atoms with Crippen LogP contribution in [0.1, 0.15) is 55.7 Å². The Morgan fingerprint density at radius 2 is 1.94 bits per heavy atom. The van der Waals surface area contributed by atoms with Gasteiger partial charge in [-0.3, -0.25) is 0 Å². The molecule has 1 fully saturated rings. The Hall–Kier alpha value is -0.820. The molecule has 0 spiro atoms. The molecule has 1 heteroatoms. The lowest BCUT2D eigenvalue weighted by Gasteiger charge is -2.40. The summed E-state index contributed by atoms with van der Waals surface area (Å²) in [6.07, 6.45) is 3.64. The van der Waals surface area contributed by atoms with Crippen molar-refractivity contribution in [2.24, 2.45) is 11.1 Å². The molecule has 1 nitrogen and oxygen atoms in total. The van der Waals surface area contributed by atoms with E-state index in [4.69, 9.17) is 5.73 Å². The molecule has 2 atom stereocenters. The van der Waals surface area contributed by atoms with Crippen molar-refractivity contribution < 1.29 is 0 Å². The molecule has 0 heterocycles. The fourth-order valence-corrected chi connectivity index (χ4v) is 3.11. The minimum Gasteiger partial charge on any atom is -0.327 e. The maximum Gasteiger partial charge on any atom is 0.0108 e. The van der Waals surface area contributed by atoms with Crippen LogP contribution < -0.4 is 5.73 Å². The summed E-state index contributed by atoms with van der Waals surface area (Å²) in [5.74, 6) is 0.540. The maximum atomic E-state index is 6.35. The smallest absolute Gasteiger partial charge is 0.0108 e. The van der Waals surface area contributed by atoms with Gasteiger partial charge in [0.1, 0.15) is 0 Å². The highest BCUT2D eigenvalue weighted by Crippen LogP contribution is 2.43. The van der Waals surface area contributed by atoms with Gasteiger partial charge in [-0.1, -0.05) is 37.6 Å². The van der Waals surface area contributed by atoms with Crippen LogP contribution in [0.2, 0.25) is 0 Å². The largest absolute Gasteiger partial charge is 0.327 e. The Morgan fingerprint density at radius 1 is 1.24 bits per heavy atom. The topological polar surface area (TPSA) is 26.0 Å². The van der Waals surface area contributed by atoms with E-state index in [1.54, 1.807) is 0 Å². The highest BCUT2D eigenvalue weighted by Gasteiger charge is 2.34. The molecule has 0 aliphatic heterocycles. The average molecular weight is 231 g/mol. The van der Waals surface area contributed by atoms with E-state index in [9.17, 15) is 0 Å². The van der Waals surface area contributed by atoms with Gasteiger partial charge in [-0.2, -0.15) is 0 Å². The van der Waals surface area contributed by atoms with Gasteiger partial charge in [0.25, 0.3) is 0 Å². The van der Waals surface area contributed by atoms with Crippen molar-refractivity contribution in [3.05, 3.63) is 34.9 Å². The number of hydrogen-bond acceptors (Lipinski definition) is 1. The van der Waals surface area contributed by atoms with Crippen molar-refractivity contribution in [2.45, 2.75) is 58.9 Å². The lowest BCUT2D eigenvalue weighted by molar-refractivity contribution is 0.198. The third-order valence-corrected chi connectivity index (χ3v) is 4.28. The van der Waals surface area contributed by atoms with Crippen molar-refractivity contribution in [1.29, 1.82) is 0 Å². The molecule has 17 heavy (non-hydrogen) atoms. The van der Waals surface area contributed by atoms with Crippen LogP contribution in [-0.2, 0) is 0 Å². The van der Waals surface area contributed by atoms with Crippen LogP contribution in [0.25, 0.3) is 0 Å². The molecule has 0 radical (unpaired) electrons. The monoisotopic (exact) mass is 231 g/mol. The van der Waals surface area contributed by atoms with E-state index in [0.29, 0.717) is 17.4 Å². The Balaban J connectivity index is 2.34. The van der Waals surface area contributed by atoms with Crippen molar-refractivity contribution in [3.63, 3.8) is 0 Å². The molecule has 2 unspecified atom stereocenters. The third kappa shape index (κ3) is 2.71. The number of aryl methyl sites for hydroxylation is 2. The van der Waals surface area contributed by atoms with E-state index in [2.05, 4.69) is 45.9 Å². The molecular weight excluding hydrogens is 206 g/mol. The molecule has 2 N–H and O–H groups in total. The van der Waals surface area contributed by atoms with Crippen LogP contribution in [0.3, 0.4) is 0 Å². The molecular formula is C16H25N. The van der Waals surface area contributed by atoms with E-state index >= 15 is 0 Å². The summed E-state index contributed by atoms with van der Waals surface area (Å²) in [6.45, 7) is 9.12. The van der Waals surface area contributed by atoms with E-state index in [1.807, 2.05) is 0 Å². The summed E-state index contributed by atoms with van der Waals surface area (Å²) in [5, 5.41) is 0. The van der Waals surface area contributed by atoms with E-state index in [-0.39, 0.29) is 0 Å². The summed E-state index contributed by atoms with van der Waals surface area (Å²) in [6, 6.07) is 7.10. The second-order valence-corrected chi connectivity index (χ2v) is 6.54. The molecule has 0 bridgehead atoms. The Bertz CT molecular complexity index is 406. The highest BCUT2D eigenvalue weighted by molar-refractivity contribution is 5.34. The van der Waals surface area contributed by atoms with Gasteiger partial charge in [-0.25, -0.2) is 0 Å². The van der Waals surface area contributed by atoms with Crippen LogP contribution >= 0.6 is 0 Å². The van der Waals surface area contributed by atoms with Crippen LogP contribution in [0.15, 0.2) is 18.2 Å². The minimum atomic E-state index is 0.337. The van der Waals surface area contributed by atoms with E-state index < -0.39 is 0 Å². The van der Waals surface area contributed by atoms with Gasteiger partial charge < -0.3 is 5.73 Å². The molecule has 1 aliphatic carbocycles. The zero-order valence-corrected chi connectivity index (χ0v) is 11.6. The fraction of sp³-hybridized carbons (Fsp3) is 0.625. The van der Waals surface area contributed by atoms with Gasteiger partial charge in [0.2, 0.25) is 0 Å². The summed E-state index contributed by atoms with van der Waals surface area (Å²) >= 11 is 0. The molecule has 1 aromatic rings. The van der Waals surface area contributed by atoms with Gasteiger partial charge in [-0.15, -0.1) is 0 Å². The minimum absolute atomic E-state index is 0.337. The van der Waals surface area contributed by atoms with Gasteiger partial charge in [0.15, 0.2) is 0 Å². The number of nitrogens with two attached hydrogens (primary N) is 1. The third-order valence-electron chi connectivity index (χ3n) is 4.28. The SMILES string of the molecule is Cc1ccc(C)c(C2CC(C)(C)CCC2N)c1. The van der Waals surface area contributed by atoms with Crippen LogP contribution in [-0.4, -0.2) is 6.04 Å². The van der Waals surface area contributed by atoms with Gasteiger partial charge >= 0.3 is 0 Å². The maximum absolute atomic E-state index is 6.35. The Labute approximate surface area is 105 Å². The Kier molecular flexibility index (Phi) is 3.31. The second-order valence-electron chi connectivity index (χ2n) is 6.54. The lowest BCUT2D eigenvalue weighted by Crippen LogP contribution is -2.38. The van der Waals surface area contributed by atoms with Gasteiger partial charge in [-0.05, 0) is 55.6 Å². The molecule has 94 valence electrons. The van der Waals surface area contributed by atoms with Crippen LogP contribution in [0.5, 0.6) is 0 Å². The number of hydrogen-bond donors (Lipinski definition) is 1. The van der Waals surface area contributed by atoms with Gasteiger partial charge in [0, 0.05) is 6.04 Å². The van der Waals surface area contributed by atoms with Crippen molar-refractivity contribution >= 4 is 0 Å². The first kappa shape index (κ1) is 12.6.